The number of hydrogen-bond acceptors (Lipinski definition) is 6. The molecule has 2 aromatic rings. The second-order valence-electron chi connectivity index (χ2n) is 6.90. The number of nitrogens with zero attached hydrogens (tertiary/aromatic N) is 2. The van der Waals surface area contributed by atoms with Crippen molar-refractivity contribution >= 4 is 23.8 Å². The number of fused-ring (bicyclic) bond motifs is 2. The molecule has 0 radical (unpaired) electrons. The Bertz CT molecular complexity index is 800. The summed E-state index contributed by atoms with van der Waals surface area (Å²) in [5.74, 6) is -0.830. The minimum atomic E-state index is -0.830. The molecule has 4 rings (SSSR count). The lowest BCUT2D eigenvalue weighted by atomic mass is 9.82. The van der Waals surface area contributed by atoms with Crippen molar-refractivity contribution in [2.45, 2.75) is 31.3 Å². The van der Waals surface area contributed by atoms with Gasteiger partial charge in [0.15, 0.2) is 0 Å². The number of carboxylic acids is 1. The number of ether oxygens (including phenoxy) is 1. The number of aromatic carboxylic acids is 1. The molecular weight excluding hydrogens is 380 g/mol. The third kappa shape index (κ3) is 4.57. The Kier molecular flexibility index (Phi) is 6.77. The van der Waals surface area contributed by atoms with Gasteiger partial charge in [-0.15, -0.1) is 11.3 Å². The van der Waals surface area contributed by atoms with Gasteiger partial charge in [0.25, 0.3) is 6.47 Å². The van der Waals surface area contributed by atoms with Gasteiger partial charge in [-0.25, -0.2) is 4.79 Å². The number of hydrogen-bond donors (Lipinski definition) is 2. The Morgan fingerprint density at radius 2 is 2.14 bits per heavy atom. The van der Waals surface area contributed by atoms with Crippen LogP contribution in [0.5, 0.6) is 0 Å². The molecule has 0 bridgehead atoms. The first kappa shape index (κ1) is 20.4. The number of rotatable bonds is 4. The summed E-state index contributed by atoms with van der Waals surface area (Å²) in [5, 5.41) is 16.2. The topological polar surface area (TPSA) is 100.0 Å². The smallest absolute Gasteiger partial charge is 0.345 e. The first-order valence-corrected chi connectivity index (χ1v) is 10.1. The van der Waals surface area contributed by atoms with Crippen molar-refractivity contribution in [2.75, 3.05) is 26.2 Å². The van der Waals surface area contributed by atoms with E-state index in [0.29, 0.717) is 11.5 Å². The number of likely N-dealkylation sites (tertiary alicyclic amines) is 1. The van der Waals surface area contributed by atoms with Crippen LogP contribution in [0.3, 0.4) is 0 Å². The maximum absolute atomic E-state index is 11.3. The Morgan fingerprint density at radius 1 is 1.39 bits per heavy atom. The summed E-state index contributed by atoms with van der Waals surface area (Å²) in [6, 6.07) is 5.95. The summed E-state index contributed by atoms with van der Waals surface area (Å²) in [6.07, 6.45) is 7.44. The van der Waals surface area contributed by atoms with Crippen molar-refractivity contribution in [1.29, 1.82) is 0 Å². The molecule has 150 valence electrons. The number of piperidine rings is 1. The van der Waals surface area contributed by atoms with E-state index in [1.807, 2.05) is 18.3 Å². The van der Waals surface area contributed by atoms with Gasteiger partial charge < -0.3 is 19.8 Å². The molecule has 0 unspecified atom stereocenters. The zero-order valence-corrected chi connectivity index (χ0v) is 16.4. The average molecular weight is 404 g/mol. The van der Waals surface area contributed by atoms with Gasteiger partial charge >= 0.3 is 5.97 Å². The molecule has 2 aliphatic rings. The lowest BCUT2D eigenvalue weighted by Crippen LogP contribution is -2.46. The molecule has 1 fully saturated rings. The van der Waals surface area contributed by atoms with Crippen LogP contribution in [0.15, 0.2) is 30.6 Å². The monoisotopic (exact) mass is 404 g/mol. The van der Waals surface area contributed by atoms with Crippen molar-refractivity contribution in [3.05, 3.63) is 51.5 Å². The van der Waals surface area contributed by atoms with E-state index in [9.17, 15) is 9.90 Å². The second kappa shape index (κ2) is 9.27. The van der Waals surface area contributed by atoms with E-state index in [1.165, 1.54) is 21.8 Å². The molecule has 2 N–H and O–H groups in total. The quantitative estimate of drug-likeness (QED) is 0.756. The van der Waals surface area contributed by atoms with Crippen molar-refractivity contribution in [3.8, 4) is 0 Å². The van der Waals surface area contributed by atoms with E-state index >= 15 is 0 Å². The highest BCUT2D eigenvalue weighted by Crippen LogP contribution is 2.44. The Hall–Kier alpha value is -2.29. The van der Waals surface area contributed by atoms with E-state index < -0.39 is 5.97 Å². The molecule has 7 nitrogen and oxygen atoms in total. The molecule has 2 aliphatic heterocycles. The van der Waals surface area contributed by atoms with E-state index in [4.69, 9.17) is 14.6 Å². The normalized spacial score (nSPS) is 18.0. The Balaban J connectivity index is 0.000000706. The molecular formula is C20H24N2O5S. The molecule has 0 aromatic carbocycles. The van der Waals surface area contributed by atoms with Crippen molar-refractivity contribution in [1.82, 2.24) is 9.88 Å². The van der Waals surface area contributed by atoms with Crippen molar-refractivity contribution < 1.29 is 24.5 Å². The predicted octanol–water partition coefficient (Wildman–Crippen LogP) is 2.65. The van der Waals surface area contributed by atoms with E-state index in [1.54, 1.807) is 6.20 Å². The van der Waals surface area contributed by atoms with Crippen molar-refractivity contribution in [3.63, 3.8) is 0 Å². The van der Waals surface area contributed by atoms with E-state index in [0.717, 1.165) is 50.9 Å². The van der Waals surface area contributed by atoms with E-state index in [2.05, 4.69) is 16.0 Å². The zero-order chi connectivity index (χ0) is 20.0. The predicted molar refractivity (Wildman–Crippen MR) is 105 cm³/mol. The zero-order valence-electron chi connectivity index (χ0n) is 15.5. The molecule has 0 amide bonds. The summed E-state index contributed by atoms with van der Waals surface area (Å²) >= 11 is 1.42. The molecule has 8 heteroatoms. The highest BCUT2D eigenvalue weighted by Gasteiger charge is 2.42. The van der Waals surface area contributed by atoms with E-state index in [-0.39, 0.29) is 12.1 Å². The lowest BCUT2D eigenvalue weighted by Gasteiger charge is -2.44. The minimum absolute atomic E-state index is 0.250. The number of carbonyl (C=O) groups is 2. The first-order valence-electron chi connectivity index (χ1n) is 9.27. The summed E-state index contributed by atoms with van der Waals surface area (Å²) in [4.78, 5) is 28.0. The molecule has 2 aromatic heterocycles. The SMILES string of the molecule is O=C(O)c1cc2c(s1)CCOC21CCN(CCc2cccnc2)CC1.O=CO. The highest BCUT2D eigenvalue weighted by atomic mass is 32.1. The van der Waals surface area contributed by atoms with Gasteiger partial charge in [-0.2, -0.15) is 0 Å². The molecule has 1 spiro atoms. The van der Waals surface area contributed by atoms with Crippen LogP contribution in [-0.4, -0.2) is 58.8 Å². The van der Waals surface area contributed by atoms with Crippen LogP contribution < -0.4 is 0 Å². The largest absolute Gasteiger partial charge is 0.483 e. The summed E-state index contributed by atoms with van der Waals surface area (Å²) < 4.78 is 6.21. The molecule has 0 aliphatic carbocycles. The van der Waals surface area contributed by atoms with Gasteiger partial charge in [0.05, 0.1) is 12.2 Å². The summed E-state index contributed by atoms with van der Waals surface area (Å²) in [7, 11) is 0. The fourth-order valence-corrected chi connectivity index (χ4v) is 4.98. The summed E-state index contributed by atoms with van der Waals surface area (Å²) in [6.45, 7) is 3.44. The highest BCUT2D eigenvalue weighted by molar-refractivity contribution is 7.14. The van der Waals surface area contributed by atoms with Crippen LogP contribution in [0.1, 0.15) is 38.5 Å². The van der Waals surface area contributed by atoms with Crippen LogP contribution in [0.2, 0.25) is 0 Å². The maximum atomic E-state index is 11.3. The number of aromatic nitrogens is 1. The third-order valence-electron chi connectivity index (χ3n) is 5.32. The van der Waals surface area contributed by atoms with Gasteiger partial charge in [0.2, 0.25) is 0 Å². The average Bonchev–Trinajstić information content (AvgIpc) is 3.16. The lowest BCUT2D eigenvalue weighted by molar-refractivity contribution is -0.122. The van der Waals surface area contributed by atoms with Crippen LogP contribution >= 0.6 is 11.3 Å². The van der Waals surface area contributed by atoms with Gasteiger partial charge in [-0.3, -0.25) is 9.78 Å². The van der Waals surface area contributed by atoms with Crippen LogP contribution in [0.25, 0.3) is 0 Å². The molecule has 0 atom stereocenters. The standard InChI is InChI=1S/C19H22N2O3S.CH2O2/c22-18(23)17-12-15-16(25-17)4-11-24-19(15)5-9-21(10-6-19)8-3-14-2-1-7-20-13-14;2-1-3/h1-2,7,12-13H,3-6,8-11H2,(H,22,23);1H,(H,2,3). The molecule has 1 saturated heterocycles. The van der Waals surface area contributed by atoms with Gasteiger partial charge in [0, 0.05) is 43.3 Å². The Morgan fingerprint density at radius 3 is 2.79 bits per heavy atom. The van der Waals surface area contributed by atoms with Crippen molar-refractivity contribution in [2.24, 2.45) is 0 Å². The van der Waals surface area contributed by atoms with Crippen LogP contribution in [0, 0.1) is 0 Å². The van der Waals surface area contributed by atoms with Gasteiger partial charge in [0.1, 0.15) is 4.88 Å². The number of pyridine rings is 1. The molecule has 28 heavy (non-hydrogen) atoms. The summed E-state index contributed by atoms with van der Waals surface area (Å²) in [5.41, 5.74) is 2.12. The molecule has 0 saturated carbocycles. The fraction of sp³-hybridized carbons (Fsp3) is 0.450. The number of carboxylic acid groups (broad SMARTS) is 2. The Labute approximate surface area is 167 Å². The third-order valence-corrected chi connectivity index (χ3v) is 6.50. The maximum Gasteiger partial charge on any atom is 0.345 e. The van der Waals surface area contributed by atoms with Crippen LogP contribution in [0.4, 0.5) is 0 Å². The fourth-order valence-electron chi connectivity index (χ4n) is 3.91. The minimum Gasteiger partial charge on any atom is -0.483 e. The first-order chi connectivity index (χ1) is 13.6. The van der Waals surface area contributed by atoms with Gasteiger partial charge in [-0.1, -0.05) is 6.07 Å². The van der Waals surface area contributed by atoms with Gasteiger partial charge in [-0.05, 0) is 42.5 Å². The van der Waals surface area contributed by atoms with Crippen LogP contribution in [-0.2, 0) is 28.0 Å². The second-order valence-corrected chi connectivity index (χ2v) is 8.04. The molecule has 4 heterocycles. The number of thiophene rings is 1.